The molecule has 0 fully saturated rings. The highest BCUT2D eigenvalue weighted by molar-refractivity contribution is 5.75. The number of ether oxygens (including phenoxy) is 2. The van der Waals surface area contributed by atoms with Gasteiger partial charge in [0.2, 0.25) is 0 Å². The fourth-order valence-corrected chi connectivity index (χ4v) is 4.57. The maximum Gasteiger partial charge on any atom is 0.310 e. The second-order valence-corrected chi connectivity index (χ2v) is 10.9. The van der Waals surface area contributed by atoms with E-state index in [0.717, 1.165) is 40.9 Å². The number of aliphatic hydroxyl groups excluding tert-OH is 1. The third kappa shape index (κ3) is 7.48. The Balaban J connectivity index is 2.32. The van der Waals surface area contributed by atoms with Gasteiger partial charge < -0.3 is 20.3 Å². The fraction of sp³-hybridized carbons (Fsp3) is 0.469. The predicted octanol–water partition coefficient (Wildman–Crippen LogP) is 6.70. The minimum absolute atomic E-state index is 0.127. The molecule has 2 aromatic carbocycles. The summed E-state index contributed by atoms with van der Waals surface area (Å²) in [6.07, 6.45) is 4.90. The first-order valence-electron chi connectivity index (χ1n) is 13.1. The van der Waals surface area contributed by atoms with Gasteiger partial charge in [0.05, 0.1) is 19.6 Å². The van der Waals surface area contributed by atoms with Gasteiger partial charge in [-0.2, -0.15) is 0 Å². The summed E-state index contributed by atoms with van der Waals surface area (Å²) in [7, 11) is 1.37. The van der Waals surface area contributed by atoms with Crippen LogP contribution in [0.3, 0.4) is 0 Å². The van der Waals surface area contributed by atoms with Crippen LogP contribution in [0.1, 0.15) is 83.1 Å². The highest BCUT2D eigenvalue weighted by atomic mass is 16.5. The highest BCUT2D eigenvalue weighted by Crippen LogP contribution is 2.40. The van der Waals surface area contributed by atoms with E-state index in [1.807, 2.05) is 39.8 Å². The zero-order valence-corrected chi connectivity index (χ0v) is 23.9. The van der Waals surface area contributed by atoms with Gasteiger partial charge in [-0.05, 0) is 77.8 Å². The molecule has 5 heteroatoms. The molecule has 0 saturated carbocycles. The third-order valence-electron chi connectivity index (χ3n) is 7.42. The van der Waals surface area contributed by atoms with Crippen LogP contribution in [-0.4, -0.2) is 30.9 Å². The van der Waals surface area contributed by atoms with Crippen molar-refractivity contribution in [2.75, 3.05) is 13.7 Å². The standard InChI is InChI=1S/C32H45NO4/c1-9-32(10-2,27-15-16-28(23(4)18-27)37-21-29(34)31(5,6)7)26-13-11-25(12-14-26)22(3)17-24(20-33)19-30(35)36-8/h11-18,20,29,34H,9-10,19,21,33H2,1-8H3/b22-17+,24-20+. The molecule has 0 amide bonds. The van der Waals surface area contributed by atoms with Gasteiger partial charge in [-0.1, -0.05) is 77.1 Å². The molecule has 2 aromatic rings. The van der Waals surface area contributed by atoms with Crippen LogP contribution in [0, 0.1) is 12.3 Å². The Morgan fingerprint density at radius 3 is 2.14 bits per heavy atom. The Morgan fingerprint density at radius 1 is 1.05 bits per heavy atom. The Labute approximate surface area is 223 Å². The second kappa shape index (κ2) is 13.0. The number of hydrogen-bond acceptors (Lipinski definition) is 5. The molecule has 5 nitrogen and oxygen atoms in total. The van der Waals surface area contributed by atoms with E-state index < -0.39 is 6.10 Å². The quantitative estimate of drug-likeness (QED) is 0.261. The number of carbonyl (C=O) groups is 1. The smallest absolute Gasteiger partial charge is 0.310 e. The lowest BCUT2D eigenvalue weighted by atomic mass is 9.70. The van der Waals surface area contributed by atoms with Gasteiger partial charge in [-0.3, -0.25) is 4.79 Å². The van der Waals surface area contributed by atoms with Crippen LogP contribution in [0.2, 0.25) is 0 Å². The van der Waals surface area contributed by atoms with E-state index in [0.29, 0.717) is 0 Å². The number of hydrogen-bond donors (Lipinski definition) is 2. The molecule has 0 aliphatic heterocycles. The molecule has 1 unspecified atom stereocenters. The SMILES string of the molecule is CCC(CC)(c1ccc(/C(C)=C/C(=C\N)CC(=O)OC)cc1)c1ccc(OCC(O)C(C)(C)C)c(C)c1. The van der Waals surface area contributed by atoms with E-state index in [2.05, 4.69) is 57.2 Å². The van der Waals surface area contributed by atoms with Crippen molar-refractivity contribution in [1.29, 1.82) is 0 Å². The summed E-state index contributed by atoms with van der Waals surface area (Å²) in [5.74, 6) is 0.490. The van der Waals surface area contributed by atoms with Gasteiger partial charge in [-0.25, -0.2) is 0 Å². The van der Waals surface area contributed by atoms with Crippen molar-refractivity contribution in [3.05, 3.63) is 82.6 Å². The summed E-state index contributed by atoms with van der Waals surface area (Å²) in [5.41, 5.74) is 11.8. The molecule has 0 aliphatic rings. The van der Waals surface area contributed by atoms with E-state index in [-0.39, 0.29) is 29.8 Å². The van der Waals surface area contributed by atoms with Gasteiger partial charge in [0.25, 0.3) is 0 Å². The van der Waals surface area contributed by atoms with Crippen molar-refractivity contribution in [1.82, 2.24) is 0 Å². The summed E-state index contributed by atoms with van der Waals surface area (Å²) in [6, 6.07) is 15.1. The van der Waals surface area contributed by atoms with E-state index in [4.69, 9.17) is 15.2 Å². The minimum Gasteiger partial charge on any atom is -0.491 e. The highest BCUT2D eigenvalue weighted by Gasteiger charge is 2.31. The van der Waals surface area contributed by atoms with Crippen molar-refractivity contribution in [3.8, 4) is 5.75 Å². The van der Waals surface area contributed by atoms with Crippen LogP contribution >= 0.6 is 0 Å². The molecule has 0 aliphatic carbocycles. The largest absolute Gasteiger partial charge is 0.491 e. The van der Waals surface area contributed by atoms with Crippen LogP contribution in [0.4, 0.5) is 0 Å². The molecule has 2 rings (SSSR count). The van der Waals surface area contributed by atoms with Gasteiger partial charge >= 0.3 is 5.97 Å². The first-order valence-corrected chi connectivity index (χ1v) is 13.1. The average Bonchev–Trinajstić information content (AvgIpc) is 2.88. The molecule has 0 bridgehead atoms. The van der Waals surface area contributed by atoms with Crippen LogP contribution in [0.5, 0.6) is 5.75 Å². The maximum absolute atomic E-state index is 11.6. The van der Waals surface area contributed by atoms with E-state index in [1.165, 1.54) is 24.4 Å². The lowest BCUT2D eigenvalue weighted by Crippen LogP contribution is -2.32. The first kappa shape index (κ1) is 30.2. The number of aryl methyl sites for hydroxylation is 1. The Morgan fingerprint density at radius 2 is 1.65 bits per heavy atom. The molecule has 0 radical (unpaired) electrons. The summed E-state index contributed by atoms with van der Waals surface area (Å²) in [6.45, 7) is 14.8. The number of aliphatic hydroxyl groups is 1. The molecular weight excluding hydrogens is 462 g/mol. The first-order chi connectivity index (χ1) is 17.4. The topological polar surface area (TPSA) is 81.8 Å². The molecule has 0 heterocycles. The molecule has 0 saturated heterocycles. The fourth-order valence-electron chi connectivity index (χ4n) is 4.57. The van der Waals surface area contributed by atoms with Crippen LogP contribution < -0.4 is 10.5 Å². The Kier molecular flexibility index (Phi) is 10.6. The number of rotatable bonds is 11. The second-order valence-electron chi connectivity index (χ2n) is 10.9. The minimum atomic E-state index is -0.537. The van der Waals surface area contributed by atoms with E-state index >= 15 is 0 Å². The lowest BCUT2D eigenvalue weighted by molar-refractivity contribution is -0.139. The summed E-state index contributed by atoms with van der Waals surface area (Å²) in [4.78, 5) is 11.6. The molecular formula is C32H45NO4. The maximum atomic E-state index is 11.6. The number of carbonyl (C=O) groups excluding carboxylic acids is 1. The normalized spacial score (nSPS) is 13.9. The number of benzene rings is 2. The van der Waals surface area contributed by atoms with Crippen molar-refractivity contribution < 1.29 is 19.4 Å². The van der Waals surface area contributed by atoms with E-state index in [9.17, 15) is 9.90 Å². The predicted molar refractivity (Wildman–Crippen MR) is 152 cm³/mol. The molecule has 0 aromatic heterocycles. The molecule has 1 atom stereocenters. The zero-order chi connectivity index (χ0) is 27.8. The van der Waals surface area contributed by atoms with Crippen molar-refractivity contribution in [2.24, 2.45) is 11.1 Å². The third-order valence-corrected chi connectivity index (χ3v) is 7.42. The summed E-state index contributed by atoms with van der Waals surface area (Å²) in [5, 5.41) is 10.4. The van der Waals surface area contributed by atoms with Gasteiger partial charge in [0.1, 0.15) is 12.4 Å². The molecule has 37 heavy (non-hydrogen) atoms. The number of methoxy groups -OCH3 is 1. The average molecular weight is 508 g/mol. The summed E-state index contributed by atoms with van der Waals surface area (Å²) >= 11 is 0. The van der Waals surface area contributed by atoms with Gasteiger partial charge in [0.15, 0.2) is 0 Å². The number of allylic oxidation sites excluding steroid dienone is 2. The molecule has 3 N–H and O–H groups in total. The number of nitrogens with two attached hydrogens (primary N) is 1. The van der Waals surface area contributed by atoms with Crippen molar-refractivity contribution in [2.45, 2.75) is 79.2 Å². The monoisotopic (exact) mass is 507 g/mol. The van der Waals surface area contributed by atoms with Crippen LogP contribution in [0.25, 0.3) is 5.57 Å². The van der Waals surface area contributed by atoms with Crippen LogP contribution in [0.15, 0.2) is 60.3 Å². The van der Waals surface area contributed by atoms with Gasteiger partial charge in [0, 0.05) is 5.41 Å². The van der Waals surface area contributed by atoms with E-state index in [1.54, 1.807) is 0 Å². The van der Waals surface area contributed by atoms with Crippen molar-refractivity contribution >= 4 is 11.5 Å². The Hall–Kier alpha value is -3.05. The lowest BCUT2D eigenvalue weighted by Gasteiger charge is -2.34. The summed E-state index contributed by atoms with van der Waals surface area (Å²) < 4.78 is 10.7. The zero-order valence-electron chi connectivity index (χ0n) is 23.9. The molecule has 0 spiro atoms. The van der Waals surface area contributed by atoms with Crippen molar-refractivity contribution in [3.63, 3.8) is 0 Å². The molecule has 202 valence electrons. The van der Waals surface area contributed by atoms with Crippen LogP contribution in [-0.2, 0) is 14.9 Å². The van der Waals surface area contributed by atoms with Gasteiger partial charge in [-0.15, -0.1) is 0 Å². The number of esters is 1. The Bertz CT molecular complexity index is 1100.